The van der Waals surface area contributed by atoms with E-state index in [9.17, 15) is 0 Å². The average molecular weight is 271 g/mol. The van der Waals surface area contributed by atoms with Crippen molar-refractivity contribution in [2.24, 2.45) is 0 Å². The molecule has 0 spiro atoms. The molecule has 0 radical (unpaired) electrons. The first-order valence-corrected chi connectivity index (χ1v) is 6.84. The number of aromatic nitrogens is 4. The van der Waals surface area contributed by atoms with Crippen LogP contribution in [-0.2, 0) is 0 Å². The summed E-state index contributed by atoms with van der Waals surface area (Å²) in [6, 6.07) is 0. The normalized spacial score (nSPS) is 11.7. The molecule has 0 fully saturated rings. The summed E-state index contributed by atoms with van der Waals surface area (Å²) in [6.07, 6.45) is 9.99. The van der Waals surface area contributed by atoms with Crippen LogP contribution in [0.1, 0.15) is 33.6 Å². The molecule has 0 saturated carbocycles. The van der Waals surface area contributed by atoms with Crippen LogP contribution in [0.3, 0.4) is 0 Å². The average Bonchev–Trinajstić information content (AvgIpc) is 2.85. The number of imidazole rings is 1. The standard InChI is InChI=1S/C15H21N5/c1-11(2)5-4-6-12(3)7-8-16-15-17-9-13-14(20-15)19-10-18-13/h5,7,9-10H,4,6,8H2,1-3H3,(H2,16,17,18,19,20)/b12-7+. The highest BCUT2D eigenvalue weighted by Gasteiger charge is 2.00. The van der Waals surface area contributed by atoms with E-state index in [1.165, 1.54) is 11.1 Å². The molecule has 0 saturated heterocycles. The molecule has 0 amide bonds. The van der Waals surface area contributed by atoms with E-state index >= 15 is 0 Å². The van der Waals surface area contributed by atoms with Crippen LogP contribution in [0.15, 0.2) is 35.8 Å². The third-order valence-electron chi connectivity index (χ3n) is 2.98. The molecule has 2 aromatic rings. The van der Waals surface area contributed by atoms with Crippen LogP contribution in [0.4, 0.5) is 5.95 Å². The van der Waals surface area contributed by atoms with Crippen molar-refractivity contribution in [2.45, 2.75) is 33.6 Å². The van der Waals surface area contributed by atoms with Gasteiger partial charge in [0.05, 0.1) is 12.5 Å². The lowest BCUT2D eigenvalue weighted by Gasteiger charge is -2.02. The molecular weight excluding hydrogens is 250 g/mol. The zero-order valence-corrected chi connectivity index (χ0v) is 12.3. The highest BCUT2D eigenvalue weighted by atomic mass is 15.1. The highest BCUT2D eigenvalue weighted by molar-refractivity contribution is 5.69. The lowest BCUT2D eigenvalue weighted by atomic mass is 10.1. The summed E-state index contributed by atoms with van der Waals surface area (Å²) in [4.78, 5) is 15.6. The van der Waals surface area contributed by atoms with Crippen molar-refractivity contribution in [3.63, 3.8) is 0 Å². The third-order valence-corrected chi connectivity index (χ3v) is 2.98. The fourth-order valence-corrected chi connectivity index (χ4v) is 1.83. The molecule has 2 aromatic heterocycles. The van der Waals surface area contributed by atoms with Gasteiger partial charge in [-0.1, -0.05) is 23.3 Å². The van der Waals surface area contributed by atoms with E-state index in [1.54, 1.807) is 12.5 Å². The van der Waals surface area contributed by atoms with Crippen LogP contribution in [-0.4, -0.2) is 26.5 Å². The fraction of sp³-hybridized carbons (Fsp3) is 0.400. The van der Waals surface area contributed by atoms with E-state index in [1.807, 2.05) is 0 Å². The summed E-state index contributed by atoms with van der Waals surface area (Å²) in [5, 5.41) is 3.19. The molecule has 5 heteroatoms. The Kier molecular flexibility index (Phi) is 4.87. The number of anilines is 1. The van der Waals surface area contributed by atoms with Gasteiger partial charge in [-0.25, -0.2) is 9.97 Å². The Morgan fingerprint density at radius 3 is 2.90 bits per heavy atom. The zero-order valence-electron chi connectivity index (χ0n) is 12.3. The summed E-state index contributed by atoms with van der Waals surface area (Å²) in [5.74, 6) is 0.609. The van der Waals surface area contributed by atoms with Crippen LogP contribution >= 0.6 is 0 Å². The van der Waals surface area contributed by atoms with Gasteiger partial charge in [0.25, 0.3) is 0 Å². The molecule has 20 heavy (non-hydrogen) atoms. The van der Waals surface area contributed by atoms with Gasteiger partial charge in [-0.2, -0.15) is 4.98 Å². The Bertz CT molecular complexity index is 620. The molecule has 0 unspecified atom stereocenters. The summed E-state index contributed by atoms with van der Waals surface area (Å²) < 4.78 is 0. The second kappa shape index (κ2) is 6.84. The van der Waals surface area contributed by atoms with E-state index in [2.05, 4.69) is 58.2 Å². The SMILES string of the molecule is CC(C)=CCC/C(C)=C/CNc1ncc2[nH]cnc2n1. The van der Waals surface area contributed by atoms with Crippen molar-refractivity contribution in [3.8, 4) is 0 Å². The molecule has 2 rings (SSSR count). The minimum Gasteiger partial charge on any atom is -0.351 e. The van der Waals surface area contributed by atoms with E-state index < -0.39 is 0 Å². The summed E-state index contributed by atoms with van der Waals surface area (Å²) in [6.45, 7) is 7.14. The van der Waals surface area contributed by atoms with E-state index in [0.29, 0.717) is 11.6 Å². The van der Waals surface area contributed by atoms with E-state index in [4.69, 9.17) is 0 Å². The summed E-state index contributed by atoms with van der Waals surface area (Å²) in [5.41, 5.74) is 4.28. The van der Waals surface area contributed by atoms with Gasteiger partial charge in [0.2, 0.25) is 5.95 Å². The first-order valence-electron chi connectivity index (χ1n) is 6.84. The molecule has 2 heterocycles. The van der Waals surface area contributed by atoms with Crippen molar-refractivity contribution in [2.75, 3.05) is 11.9 Å². The Morgan fingerprint density at radius 2 is 2.10 bits per heavy atom. The van der Waals surface area contributed by atoms with Gasteiger partial charge in [0.1, 0.15) is 5.52 Å². The van der Waals surface area contributed by atoms with E-state index in [-0.39, 0.29) is 0 Å². The first-order chi connectivity index (χ1) is 9.65. The van der Waals surface area contributed by atoms with Crippen molar-refractivity contribution in [1.82, 2.24) is 19.9 Å². The number of aromatic amines is 1. The first kappa shape index (κ1) is 14.2. The van der Waals surface area contributed by atoms with Crippen LogP contribution in [0.5, 0.6) is 0 Å². The van der Waals surface area contributed by atoms with Gasteiger partial charge in [0.15, 0.2) is 5.65 Å². The number of hydrogen-bond acceptors (Lipinski definition) is 4. The smallest absolute Gasteiger partial charge is 0.225 e. The van der Waals surface area contributed by atoms with Crippen LogP contribution in [0.2, 0.25) is 0 Å². The zero-order chi connectivity index (χ0) is 14.4. The largest absolute Gasteiger partial charge is 0.351 e. The second-order valence-electron chi connectivity index (χ2n) is 5.08. The highest BCUT2D eigenvalue weighted by Crippen LogP contribution is 2.08. The van der Waals surface area contributed by atoms with Gasteiger partial charge >= 0.3 is 0 Å². The number of allylic oxidation sites excluding steroid dienone is 3. The van der Waals surface area contributed by atoms with Crippen LogP contribution in [0.25, 0.3) is 11.2 Å². The van der Waals surface area contributed by atoms with Crippen molar-refractivity contribution < 1.29 is 0 Å². The Hall–Kier alpha value is -2.17. The molecule has 0 atom stereocenters. The minimum absolute atomic E-state index is 0.609. The molecule has 0 aliphatic heterocycles. The molecule has 0 aliphatic rings. The predicted octanol–water partition coefficient (Wildman–Crippen LogP) is 3.46. The Balaban J connectivity index is 1.83. The molecule has 0 aliphatic carbocycles. The number of fused-ring (bicyclic) bond motifs is 1. The van der Waals surface area contributed by atoms with Crippen molar-refractivity contribution >= 4 is 17.1 Å². The predicted molar refractivity (Wildman–Crippen MR) is 82.6 cm³/mol. The third kappa shape index (κ3) is 4.19. The van der Waals surface area contributed by atoms with Crippen LogP contribution < -0.4 is 5.32 Å². The summed E-state index contributed by atoms with van der Waals surface area (Å²) in [7, 11) is 0. The van der Waals surface area contributed by atoms with Crippen molar-refractivity contribution in [3.05, 3.63) is 35.8 Å². The maximum Gasteiger partial charge on any atom is 0.225 e. The monoisotopic (exact) mass is 271 g/mol. The number of rotatable bonds is 6. The van der Waals surface area contributed by atoms with Gasteiger partial charge in [-0.05, 0) is 33.6 Å². The molecular formula is C15H21N5. The quantitative estimate of drug-likeness (QED) is 0.790. The Morgan fingerprint density at radius 1 is 1.25 bits per heavy atom. The molecule has 0 bridgehead atoms. The number of hydrogen-bond donors (Lipinski definition) is 2. The lowest BCUT2D eigenvalue weighted by Crippen LogP contribution is -2.03. The molecule has 106 valence electrons. The molecule has 0 aromatic carbocycles. The second-order valence-corrected chi connectivity index (χ2v) is 5.08. The van der Waals surface area contributed by atoms with Crippen molar-refractivity contribution in [1.29, 1.82) is 0 Å². The Labute approximate surface area is 119 Å². The van der Waals surface area contributed by atoms with Gasteiger partial charge in [-0.15, -0.1) is 0 Å². The minimum atomic E-state index is 0.609. The summed E-state index contributed by atoms with van der Waals surface area (Å²) >= 11 is 0. The van der Waals surface area contributed by atoms with Gasteiger partial charge in [0, 0.05) is 6.54 Å². The number of H-pyrrole nitrogens is 1. The maximum atomic E-state index is 4.31. The number of nitrogens with zero attached hydrogens (tertiary/aromatic N) is 3. The lowest BCUT2D eigenvalue weighted by molar-refractivity contribution is 0.958. The maximum absolute atomic E-state index is 4.31. The molecule has 2 N–H and O–H groups in total. The van der Waals surface area contributed by atoms with Gasteiger partial charge in [-0.3, -0.25) is 0 Å². The fourth-order valence-electron chi connectivity index (χ4n) is 1.83. The van der Waals surface area contributed by atoms with E-state index in [0.717, 1.165) is 24.9 Å². The topological polar surface area (TPSA) is 66.5 Å². The number of nitrogens with one attached hydrogen (secondary N) is 2. The molecule has 5 nitrogen and oxygen atoms in total. The van der Waals surface area contributed by atoms with Gasteiger partial charge < -0.3 is 10.3 Å². The van der Waals surface area contributed by atoms with Crippen LogP contribution in [0, 0.1) is 0 Å².